The molecule has 1 unspecified atom stereocenters. The molecule has 2 rings (SSSR count). The number of anilines is 1. The summed E-state index contributed by atoms with van der Waals surface area (Å²) in [6.07, 6.45) is -3.12. The van der Waals surface area contributed by atoms with E-state index in [0.29, 0.717) is 0 Å². The van der Waals surface area contributed by atoms with Crippen LogP contribution < -0.4 is 5.32 Å². The third kappa shape index (κ3) is 2.84. The van der Waals surface area contributed by atoms with Gasteiger partial charge in [-0.25, -0.2) is 8.42 Å². The highest BCUT2D eigenvalue weighted by Gasteiger charge is 2.34. The number of rotatable bonds is 2. The topological polar surface area (TPSA) is 46.2 Å². The van der Waals surface area contributed by atoms with Gasteiger partial charge in [0.05, 0.1) is 17.4 Å². The molecule has 1 aromatic carbocycles. The molecule has 0 radical (unpaired) electrons. The van der Waals surface area contributed by atoms with E-state index in [1.54, 1.807) is 0 Å². The fourth-order valence-corrected chi connectivity index (χ4v) is 2.96. The van der Waals surface area contributed by atoms with E-state index in [9.17, 15) is 21.6 Å². The first-order valence-electron chi connectivity index (χ1n) is 5.12. The van der Waals surface area contributed by atoms with Crippen molar-refractivity contribution in [1.29, 1.82) is 0 Å². The average molecular weight is 277 g/mol. The van der Waals surface area contributed by atoms with Gasteiger partial charge in [-0.2, -0.15) is 13.2 Å². The molecule has 0 aliphatic carbocycles. The summed E-state index contributed by atoms with van der Waals surface area (Å²) >= 11 is 0. The quantitative estimate of drug-likeness (QED) is 0.903. The molecular formula is C11H10F3NO2S. The lowest BCUT2D eigenvalue weighted by Gasteiger charge is -2.17. The van der Waals surface area contributed by atoms with Crippen LogP contribution in [0.15, 0.2) is 35.7 Å². The number of sulfone groups is 1. The van der Waals surface area contributed by atoms with Crippen LogP contribution in [-0.4, -0.2) is 20.2 Å². The number of para-hydroxylation sites is 1. The minimum Gasteiger partial charge on any atom is -0.377 e. The molecule has 1 aliphatic heterocycles. The summed E-state index contributed by atoms with van der Waals surface area (Å²) in [5.41, 5.74) is -0.917. The molecule has 1 aliphatic rings. The molecule has 0 fully saturated rings. The molecule has 1 heterocycles. The Morgan fingerprint density at radius 3 is 2.44 bits per heavy atom. The van der Waals surface area contributed by atoms with Gasteiger partial charge in [0.25, 0.3) is 0 Å². The van der Waals surface area contributed by atoms with Crippen LogP contribution in [-0.2, 0) is 16.0 Å². The number of benzene rings is 1. The molecule has 3 nitrogen and oxygen atoms in total. The van der Waals surface area contributed by atoms with Crippen molar-refractivity contribution < 1.29 is 21.6 Å². The third-order valence-electron chi connectivity index (χ3n) is 2.50. The Morgan fingerprint density at radius 2 is 1.89 bits per heavy atom. The zero-order valence-corrected chi connectivity index (χ0v) is 9.92. The van der Waals surface area contributed by atoms with Gasteiger partial charge in [-0.3, -0.25) is 0 Å². The molecule has 0 bridgehead atoms. The molecule has 0 saturated carbocycles. The summed E-state index contributed by atoms with van der Waals surface area (Å²) in [7, 11) is -3.29. The van der Waals surface area contributed by atoms with Crippen molar-refractivity contribution in [3.8, 4) is 0 Å². The highest BCUT2D eigenvalue weighted by Crippen LogP contribution is 2.35. The van der Waals surface area contributed by atoms with Crippen LogP contribution in [0.2, 0.25) is 0 Å². The number of alkyl halides is 3. The van der Waals surface area contributed by atoms with Crippen molar-refractivity contribution >= 4 is 15.5 Å². The van der Waals surface area contributed by atoms with Crippen molar-refractivity contribution in [2.75, 3.05) is 11.1 Å². The van der Waals surface area contributed by atoms with Crippen molar-refractivity contribution in [1.82, 2.24) is 0 Å². The Balaban J connectivity index is 2.24. The first-order chi connectivity index (χ1) is 8.28. The van der Waals surface area contributed by atoms with Crippen LogP contribution in [0, 0.1) is 0 Å². The zero-order valence-electron chi connectivity index (χ0n) is 9.11. The molecule has 7 heteroatoms. The maximum atomic E-state index is 12.7. The van der Waals surface area contributed by atoms with E-state index in [2.05, 4.69) is 5.32 Å². The first-order valence-corrected chi connectivity index (χ1v) is 6.83. The summed E-state index contributed by atoms with van der Waals surface area (Å²) in [5.74, 6) is -0.223. The second-order valence-electron chi connectivity index (χ2n) is 3.95. The number of nitrogens with one attached hydrogen (secondary N) is 1. The lowest BCUT2D eigenvalue weighted by molar-refractivity contribution is -0.136. The Morgan fingerprint density at radius 1 is 1.22 bits per heavy atom. The standard InChI is InChI=1S/C11H10F3NO2S/c12-11(13,14)9-3-1-2-4-10(9)15-8-5-6-18(16,17)7-8/h1-6,8,15H,7H2. The van der Waals surface area contributed by atoms with Gasteiger partial charge in [0.2, 0.25) is 0 Å². The first kappa shape index (κ1) is 12.9. The van der Waals surface area contributed by atoms with E-state index in [4.69, 9.17) is 0 Å². The van der Waals surface area contributed by atoms with Crippen molar-refractivity contribution in [3.05, 3.63) is 41.3 Å². The molecule has 1 N–H and O–H groups in total. The summed E-state index contributed by atoms with van der Waals surface area (Å²) in [6.45, 7) is 0. The van der Waals surface area contributed by atoms with Crippen LogP contribution in [0.1, 0.15) is 5.56 Å². The average Bonchev–Trinajstić information content (AvgIpc) is 2.57. The third-order valence-corrected chi connectivity index (χ3v) is 3.90. The lowest BCUT2D eigenvalue weighted by Crippen LogP contribution is -2.23. The summed E-state index contributed by atoms with van der Waals surface area (Å²) in [4.78, 5) is 0. The van der Waals surface area contributed by atoms with Gasteiger partial charge < -0.3 is 5.32 Å². The van der Waals surface area contributed by atoms with E-state index in [1.165, 1.54) is 24.3 Å². The van der Waals surface area contributed by atoms with Crippen LogP contribution in [0.4, 0.5) is 18.9 Å². The number of hydrogen-bond donors (Lipinski definition) is 1. The minimum atomic E-state index is -4.47. The molecule has 0 aromatic heterocycles. The maximum absolute atomic E-state index is 12.7. The number of hydrogen-bond acceptors (Lipinski definition) is 3. The van der Waals surface area contributed by atoms with Gasteiger partial charge >= 0.3 is 6.18 Å². The molecule has 98 valence electrons. The summed E-state index contributed by atoms with van der Waals surface area (Å²) in [5, 5.41) is 3.60. The minimum absolute atomic E-state index is 0.114. The largest absolute Gasteiger partial charge is 0.418 e. The van der Waals surface area contributed by atoms with E-state index in [-0.39, 0.29) is 11.4 Å². The van der Waals surface area contributed by atoms with Crippen molar-refractivity contribution in [2.24, 2.45) is 0 Å². The zero-order chi connectivity index (χ0) is 13.4. The van der Waals surface area contributed by atoms with Gasteiger partial charge in [-0.1, -0.05) is 18.2 Å². The second kappa shape index (κ2) is 4.31. The summed E-state index contributed by atoms with van der Waals surface area (Å²) in [6, 6.07) is 4.36. The fourth-order valence-electron chi connectivity index (χ4n) is 1.72. The lowest BCUT2D eigenvalue weighted by atomic mass is 10.1. The molecule has 0 amide bonds. The highest BCUT2D eigenvalue weighted by molar-refractivity contribution is 7.94. The SMILES string of the molecule is O=S1(=O)C=CC(Nc2ccccc2C(F)(F)F)C1. The Labute approximate surface area is 102 Å². The monoisotopic (exact) mass is 277 g/mol. The highest BCUT2D eigenvalue weighted by atomic mass is 32.2. The van der Waals surface area contributed by atoms with Gasteiger partial charge in [0, 0.05) is 11.1 Å². The van der Waals surface area contributed by atoms with Gasteiger partial charge in [-0.15, -0.1) is 0 Å². The van der Waals surface area contributed by atoms with E-state index in [0.717, 1.165) is 11.5 Å². The van der Waals surface area contributed by atoms with Crippen LogP contribution in [0.25, 0.3) is 0 Å². The van der Waals surface area contributed by atoms with Crippen LogP contribution in [0.5, 0.6) is 0 Å². The second-order valence-corrected chi connectivity index (χ2v) is 5.88. The molecule has 0 saturated heterocycles. The van der Waals surface area contributed by atoms with Crippen LogP contribution in [0.3, 0.4) is 0 Å². The van der Waals surface area contributed by atoms with E-state index >= 15 is 0 Å². The Kier molecular flexibility index (Phi) is 3.10. The number of halogens is 3. The predicted molar refractivity (Wildman–Crippen MR) is 61.8 cm³/mol. The van der Waals surface area contributed by atoms with Gasteiger partial charge in [0.1, 0.15) is 0 Å². The van der Waals surface area contributed by atoms with Crippen molar-refractivity contribution in [3.63, 3.8) is 0 Å². The fraction of sp³-hybridized carbons (Fsp3) is 0.273. The predicted octanol–water partition coefficient (Wildman–Crippen LogP) is 2.43. The van der Waals surface area contributed by atoms with Crippen molar-refractivity contribution in [2.45, 2.75) is 12.2 Å². The molecule has 1 aromatic rings. The van der Waals surface area contributed by atoms with E-state index < -0.39 is 27.6 Å². The smallest absolute Gasteiger partial charge is 0.377 e. The van der Waals surface area contributed by atoms with Gasteiger partial charge in [0.15, 0.2) is 9.84 Å². The Bertz CT molecular complexity index is 578. The van der Waals surface area contributed by atoms with E-state index in [1.807, 2.05) is 0 Å². The molecular weight excluding hydrogens is 267 g/mol. The van der Waals surface area contributed by atoms with Gasteiger partial charge in [-0.05, 0) is 12.1 Å². The maximum Gasteiger partial charge on any atom is 0.418 e. The van der Waals surface area contributed by atoms with Crippen LogP contribution >= 0.6 is 0 Å². The Hall–Kier alpha value is -1.50. The molecule has 0 spiro atoms. The molecule has 18 heavy (non-hydrogen) atoms. The normalized spacial score (nSPS) is 22.1. The molecule has 1 atom stereocenters. The summed E-state index contributed by atoms with van der Waals surface area (Å²) < 4.78 is 60.4.